The second-order valence-corrected chi connectivity index (χ2v) is 12.7. The molecule has 0 fully saturated rings. The van der Waals surface area contributed by atoms with Crippen LogP contribution in [-0.4, -0.2) is 37.9 Å². The molecule has 0 amide bonds. The molecule has 0 unspecified atom stereocenters. The molecule has 6 nitrogen and oxygen atoms in total. The first-order valence-corrected chi connectivity index (χ1v) is 17.1. The van der Waals surface area contributed by atoms with E-state index in [0.717, 1.165) is 64.1 Å². The molecule has 0 saturated heterocycles. The Morgan fingerprint density at radius 2 is 1.02 bits per heavy atom. The summed E-state index contributed by atoms with van der Waals surface area (Å²) < 4.78 is 93.0. The van der Waals surface area contributed by atoms with Crippen LogP contribution in [0, 0.1) is 0 Å². The molecular formula is C42H38F6O6. The lowest BCUT2D eigenvalue weighted by Gasteiger charge is -2.24. The van der Waals surface area contributed by atoms with E-state index in [1.807, 2.05) is 36.4 Å². The number of halogens is 6. The molecule has 0 radical (unpaired) electrons. The van der Waals surface area contributed by atoms with Crippen LogP contribution in [0.3, 0.4) is 0 Å². The van der Waals surface area contributed by atoms with E-state index >= 15 is 0 Å². The predicted molar refractivity (Wildman–Crippen MR) is 191 cm³/mol. The lowest BCUT2D eigenvalue weighted by Crippen LogP contribution is -2.12. The minimum atomic E-state index is -4.41. The molecule has 0 spiro atoms. The van der Waals surface area contributed by atoms with Crippen molar-refractivity contribution in [1.82, 2.24) is 0 Å². The van der Waals surface area contributed by atoms with Gasteiger partial charge in [0.15, 0.2) is 0 Å². The zero-order chi connectivity index (χ0) is 39.2. The molecule has 4 aromatic carbocycles. The molecule has 1 N–H and O–H groups in total. The van der Waals surface area contributed by atoms with Crippen molar-refractivity contribution in [3.63, 3.8) is 0 Å². The molecule has 6 rings (SSSR count). The number of alkyl halides is 6. The van der Waals surface area contributed by atoms with Crippen LogP contribution in [0.2, 0.25) is 0 Å². The number of carbonyl (C=O) groups excluding carboxylic acids is 1. The Hall–Kier alpha value is -5.52. The second-order valence-electron chi connectivity index (χ2n) is 12.7. The number of methoxy groups -OCH3 is 2. The van der Waals surface area contributed by atoms with Gasteiger partial charge >= 0.3 is 24.3 Å². The fraction of sp³-hybridized carbons (Fsp3) is 0.286. The normalized spacial score (nSPS) is 14.0. The number of carboxylic acid groups (broad SMARTS) is 1. The van der Waals surface area contributed by atoms with E-state index in [9.17, 15) is 41.0 Å². The summed E-state index contributed by atoms with van der Waals surface area (Å²) in [6.07, 6.45) is -6.20. The van der Waals surface area contributed by atoms with Gasteiger partial charge in [0.25, 0.3) is 0 Å². The molecule has 2 aliphatic carbocycles. The topological polar surface area (TPSA) is 82.1 Å². The van der Waals surface area contributed by atoms with Gasteiger partial charge in [0, 0.05) is 0 Å². The molecule has 0 atom stereocenters. The van der Waals surface area contributed by atoms with E-state index in [-0.39, 0.29) is 25.4 Å². The summed E-state index contributed by atoms with van der Waals surface area (Å²) >= 11 is 0. The summed E-state index contributed by atoms with van der Waals surface area (Å²) in [5.74, 6) is -0.0331. The summed E-state index contributed by atoms with van der Waals surface area (Å²) in [6.45, 7) is 2.02. The van der Waals surface area contributed by atoms with Gasteiger partial charge in [-0.3, -0.25) is 9.59 Å². The third-order valence-corrected chi connectivity index (χ3v) is 9.30. The average Bonchev–Trinajstić information content (AvgIpc) is 3.13. The van der Waals surface area contributed by atoms with Crippen molar-refractivity contribution < 1.29 is 55.2 Å². The largest absolute Gasteiger partial charge is 0.497 e. The van der Waals surface area contributed by atoms with Crippen molar-refractivity contribution in [1.29, 1.82) is 0 Å². The third-order valence-electron chi connectivity index (χ3n) is 9.30. The van der Waals surface area contributed by atoms with Crippen molar-refractivity contribution in [3.05, 3.63) is 141 Å². The van der Waals surface area contributed by atoms with Gasteiger partial charge < -0.3 is 19.3 Å². The molecule has 2 aliphatic rings. The molecule has 12 heteroatoms. The van der Waals surface area contributed by atoms with Crippen molar-refractivity contribution in [2.24, 2.45) is 0 Å². The standard InChI is InChI=1S/C22H21F3O3.C20H17F3O3/c1-3-28-20(26)12-16-5-4-14-8-11-18(27-2)13-19(14)21(16)15-6-9-17(10-7-15)22(23,24)25;1-26-16-9-6-12-2-3-14(10-18(24)25)19(17(12)11-16)13-4-7-15(8-5-13)20(21,22)23/h6-11,13H,3-5,12H2,1-2H3;4-9,11H,2-3,10H2,1H3,(H,24,25). The van der Waals surface area contributed by atoms with Gasteiger partial charge in [-0.1, -0.05) is 47.5 Å². The second kappa shape index (κ2) is 16.7. The lowest BCUT2D eigenvalue weighted by molar-refractivity contribution is -0.142. The van der Waals surface area contributed by atoms with Crippen molar-refractivity contribution in [3.8, 4) is 11.5 Å². The van der Waals surface area contributed by atoms with Crippen molar-refractivity contribution >= 4 is 23.1 Å². The highest BCUT2D eigenvalue weighted by Gasteiger charge is 2.32. The number of aliphatic carboxylic acids is 1. The van der Waals surface area contributed by atoms with Crippen LogP contribution in [0.5, 0.6) is 11.5 Å². The summed E-state index contributed by atoms with van der Waals surface area (Å²) in [5, 5.41) is 9.22. The van der Waals surface area contributed by atoms with Gasteiger partial charge in [0.05, 0.1) is 44.8 Å². The van der Waals surface area contributed by atoms with Crippen LogP contribution >= 0.6 is 0 Å². The van der Waals surface area contributed by atoms with Crippen LogP contribution in [0.25, 0.3) is 11.1 Å². The number of carbonyl (C=O) groups is 2. The maximum absolute atomic E-state index is 12.9. The first-order chi connectivity index (χ1) is 25.6. The summed E-state index contributed by atoms with van der Waals surface area (Å²) in [5.41, 5.74) is 6.59. The highest BCUT2D eigenvalue weighted by molar-refractivity contribution is 5.89. The predicted octanol–water partition coefficient (Wildman–Crippen LogP) is 10.4. The zero-order valence-electron chi connectivity index (χ0n) is 29.8. The Bertz CT molecular complexity index is 2060. The minimum Gasteiger partial charge on any atom is -0.497 e. The molecule has 284 valence electrons. The first kappa shape index (κ1) is 39.7. The summed E-state index contributed by atoms with van der Waals surface area (Å²) in [7, 11) is 3.09. The number of carboxylic acids is 1. The van der Waals surface area contributed by atoms with Crippen LogP contribution < -0.4 is 9.47 Å². The molecular weight excluding hydrogens is 714 g/mol. The fourth-order valence-corrected chi connectivity index (χ4v) is 6.76. The SMILES string of the molecule is CCOC(=O)CC1=C(c2ccc(C(F)(F)F)cc2)c2cc(OC)ccc2CC1.COc1ccc2c(c1)C(c1ccc(C(F)(F)F)cc1)=C(CC(=O)O)CC2. The Labute approximate surface area is 308 Å². The monoisotopic (exact) mass is 752 g/mol. The molecule has 54 heavy (non-hydrogen) atoms. The maximum Gasteiger partial charge on any atom is 0.416 e. The van der Waals surface area contributed by atoms with E-state index in [1.54, 1.807) is 14.0 Å². The van der Waals surface area contributed by atoms with Gasteiger partial charge in [-0.2, -0.15) is 26.3 Å². The molecule has 0 aromatic heterocycles. The van der Waals surface area contributed by atoms with E-state index in [0.29, 0.717) is 53.0 Å². The average molecular weight is 753 g/mol. The summed E-state index contributed by atoms with van der Waals surface area (Å²) in [4.78, 5) is 23.3. The third kappa shape index (κ3) is 9.34. The minimum absolute atomic E-state index is 0.112. The molecule has 0 aliphatic heterocycles. The van der Waals surface area contributed by atoms with Gasteiger partial charge in [-0.15, -0.1) is 0 Å². The van der Waals surface area contributed by atoms with Crippen molar-refractivity contribution in [2.75, 3.05) is 20.8 Å². The van der Waals surface area contributed by atoms with Gasteiger partial charge in [-0.05, 0) is 126 Å². The lowest BCUT2D eigenvalue weighted by atomic mass is 9.81. The number of ether oxygens (including phenoxy) is 3. The van der Waals surface area contributed by atoms with E-state index in [2.05, 4.69) is 0 Å². The van der Waals surface area contributed by atoms with Gasteiger partial charge in [0.2, 0.25) is 0 Å². The van der Waals surface area contributed by atoms with Crippen LogP contribution in [0.15, 0.2) is 96.1 Å². The highest BCUT2D eigenvalue weighted by Crippen LogP contribution is 2.42. The fourth-order valence-electron chi connectivity index (χ4n) is 6.76. The maximum atomic E-state index is 12.9. The molecule has 0 saturated carbocycles. The number of hydrogen-bond donors (Lipinski definition) is 1. The van der Waals surface area contributed by atoms with Crippen molar-refractivity contribution in [2.45, 2.75) is 57.8 Å². The van der Waals surface area contributed by atoms with E-state index in [1.165, 1.54) is 31.4 Å². The molecule has 0 heterocycles. The summed E-state index contributed by atoms with van der Waals surface area (Å²) in [6, 6.07) is 21.1. The van der Waals surface area contributed by atoms with E-state index < -0.39 is 29.4 Å². The number of fused-ring (bicyclic) bond motifs is 2. The van der Waals surface area contributed by atoms with Gasteiger partial charge in [-0.25, -0.2) is 0 Å². The van der Waals surface area contributed by atoms with Crippen LogP contribution in [0.4, 0.5) is 26.3 Å². The Kier molecular flexibility index (Phi) is 12.2. The Balaban J connectivity index is 0.000000208. The van der Waals surface area contributed by atoms with Crippen LogP contribution in [-0.2, 0) is 39.5 Å². The van der Waals surface area contributed by atoms with Crippen LogP contribution in [0.1, 0.15) is 77.1 Å². The number of hydrogen-bond acceptors (Lipinski definition) is 5. The zero-order valence-corrected chi connectivity index (χ0v) is 29.8. The first-order valence-electron chi connectivity index (χ1n) is 17.1. The van der Waals surface area contributed by atoms with Gasteiger partial charge in [0.1, 0.15) is 11.5 Å². The smallest absolute Gasteiger partial charge is 0.416 e. The molecule has 4 aromatic rings. The molecule has 0 bridgehead atoms. The number of aryl methyl sites for hydroxylation is 2. The Morgan fingerprint density at radius 3 is 1.37 bits per heavy atom. The number of esters is 1. The van der Waals surface area contributed by atoms with E-state index in [4.69, 9.17) is 14.2 Å². The number of rotatable bonds is 9. The number of benzene rings is 4. The quantitative estimate of drug-likeness (QED) is 0.135. The highest BCUT2D eigenvalue weighted by atomic mass is 19.4. The Morgan fingerprint density at radius 1 is 0.611 bits per heavy atom.